The monoisotopic (exact) mass is 441 g/mol. The number of thioether (sulfide) groups is 1. The summed E-state index contributed by atoms with van der Waals surface area (Å²) < 4.78 is 1.90. The van der Waals surface area contributed by atoms with Crippen molar-refractivity contribution in [2.45, 2.75) is 31.0 Å². The number of hydrogen-bond acceptors (Lipinski definition) is 5. The summed E-state index contributed by atoms with van der Waals surface area (Å²) in [6.45, 7) is 2.01. The molecule has 0 bridgehead atoms. The molecule has 1 saturated carbocycles. The van der Waals surface area contributed by atoms with Crippen LogP contribution in [0.25, 0.3) is 17.1 Å². The van der Waals surface area contributed by atoms with E-state index in [1.165, 1.54) is 11.8 Å². The molecular weight excluding hydrogens is 422 g/mol. The summed E-state index contributed by atoms with van der Waals surface area (Å²) in [6, 6.07) is 15.0. The summed E-state index contributed by atoms with van der Waals surface area (Å²) in [7, 11) is 0. The van der Waals surface area contributed by atoms with Crippen LogP contribution in [0.3, 0.4) is 0 Å². The number of amides is 3. The maximum atomic E-state index is 12.2. The zero-order chi connectivity index (χ0) is 21.1. The molecule has 1 aromatic heterocycles. The number of hydrogen-bond donors (Lipinski definition) is 2. The van der Waals surface area contributed by atoms with E-state index < -0.39 is 6.03 Å². The first-order valence-electron chi connectivity index (χ1n) is 9.51. The molecule has 4 rings (SSSR count). The molecule has 0 saturated heterocycles. The smallest absolute Gasteiger partial charge is 0.321 e. The second-order valence-corrected chi connectivity index (χ2v) is 8.45. The minimum absolute atomic E-state index is 0.0443. The molecule has 0 atom stereocenters. The highest BCUT2D eigenvalue weighted by molar-refractivity contribution is 7.99. The van der Waals surface area contributed by atoms with Crippen molar-refractivity contribution in [3.05, 3.63) is 59.1 Å². The molecule has 7 nitrogen and oxygen atoms in total. The first-order chi connectivity index (χ1) is 14.5. The van der Waals surface area contributed by atoms with Gasteiger partial charge in [-0.1, -0.05) is 35.5 Å². The first kappa shape index (κ1) is 20.4. The number of halogens is 1. The lowest BCUT2D eigenvalue weighted by Gasteiger charge is -2.11. The summed E-state index contributed by atoms with van der Waals surface area (Å²) in [5.74, 6) is 0.305. The molecule has 3 amide bonds. The molecule has 1 aliphatic carbocycles. The first-order valence-corrected chi connectivity index (χ1v) is 10.9. The minimum atomic E-state index is -0.454. The van der Waals surface area contributed by atoms with Crippen LogP contribution in [-0.2, 0) is 4.79 Å². The topological polar surface area (TPSA) is 88.9 Å². The Bertz CT molecular complexity index is 1080. The maximum absolute atomic E-state index is 12.2. The SMILES string of the molecule is Cc1cccc(-n2c(SCC(=O)NC(=O)NC3CC3)nnc2-c2ccc(Cl)cc2)c1. The van der Waals surface area contributed by atoms with Crippen molar-refractivity contribution in [2.75, 3.05) is 5.75 Å². The van der Waals surface area contributed by atoms with E-state index in [1.807, 2.05) is 47.9 Å². The van der Waals surface area contributed by atoms with Gasteiger partial charge in [0.15, 0.2) is 11.0 Å². The third-order valence-corrected chi connectivity index (χ3v) is 5.67. The Balaban J connectivity index is 1.57. The van der Waals surface area contributed by atoms with Gasteiger partial charge in [0.25, 0.3) is 0 Å². The quantitative estimate of drug-likeness (QED) is 0.565. The van der Waals surface area contributed by atoms with Gasteiger partial charge < -0.3 is 5.32 Å². The second-order valence-electron chi connectivity index (χ2n) is 7.07. The molecule has 0 radical (unpaired) electrons. The van der Waals surface area contributed by atoms with Crippen LogP contribution in [0.4, 0.5) is 4.79 Å². The molecule has 30 heavy (non-hydrogen) atoms. The molecule has 154 valence electrons. The van der Waals surface area contributed by atoms with Crippen LogP contribution >= 0.6 is 23.4 Å². The lowest BCUT2D eigenvalue weighted by Crippen LogP contribution is -2.41. The summed E-state index contributed by atoms with van der Waals surface area (Å²) in [5, 5.41) is 14.9. The molecule has 9 heteroatoms. The predicted octanol–water partition coefficient (Wildman–Crippen LogP) is 3.98. The van der Waals surface area contributed by atoms with Gasteiger partial charge >= 0.3 is 6.03 Å². The third-order valence-electron chi connectivity index (χ3n) is 4.49. The molecule has 1 fully saturated rings. The Morgan fingerprint density at radius 3 is 2.63 bits per heavy atom. The largest absolute Gasteiger partial charge is 0.335 e. The predicted molar refractivity (Wildman–Crippen MR) is 117 cm³/mol. The Hall–Kier alpha value is -2.84. The van der Waals surface area contributed by atoms with Gasteiger partial charge in [0, 0.05) is 22.3 Å². The van der Waals surface area contributed by atoms with Crippen molar-refractivity contribution in [1.29, 1.82) is 0 Å². The van der Waals surface area contributed by atoms with Crippen molar-refractivity contribution < 1.29 is 9.59 Å². The second kappa shape index (κ2) is 8.89. The molecule has 3 aromatic rings. The van der Waals surface area contributed by atoms with Gasteiger partial charge in [-0.05, 0) is 61.7 Å². The van der Waals surface area contributed by atoms with E-state index in [4.69, 9.17) is 11.6 Å². The summed E-state index contributed by atoms with van der Waals surface area (Å²) in [4.78, 5) is 23.9. The van der Waals surface area contributed by atoms with E-state index in [0.717, 1.165) is 29.7 Å². The number of carbonyl (C=O) groups excluding carboxylic acids is 2. The van der Waals surface area contributed by atoms with Crippen LogP contribution in [0.1, 0.15) is 18.4 Å². The summed E-state index contributed by atoms with van der Waals surface area (Å²) in [6.07, 6.45) is 1.92. The number of benzene rings is 2. The van der Waals surface area contributed by atoms with Gasteiger partial charge in [0.2, 0.25) is 5.91 Å². The lowest BCUT2D eigenvalue weighted by molar-refractivity contribution is -0.117. The Morgan fingerprint density at radius 1 is 1.17 bits per heavy atom. The van der Waals surface area contributed by atoms with Crippen LogP contribution in [0.15, 0.2) is 53.7 Å². The van der Waals surface area contributed by atoms with Crippen LogP contribution in [-0.4, -0.2) is 38.5 Å². The normalized spacial score (nSPS) is 13.1. The number of carbonyl (C=O) groups is 2. The van der Waals surface area contributed by atoms with Crippen LogP contribution < -0.4 is 10.6 Å². The highest BCUT2D eigenvalue weighted by Gasteiger charge is 2.24. The molecule has 1 heterocycles. The number of aromatic nitrogens is 3. The molecule has 2 aromatic carbocycles. The number of urea groups is 1. The molecule has 0 spiro atoms. The van der Waals surface area contributed by atoms with Crippen molar-refractivity contribution >= 4 is 35.3 Å². The van der Waals surface area contributed by atoms with E-state index in [0.29, 0.717) is 16.0 Å². The number of aryl methyl sites for hydroxylation is 1. The van der Waals surface area contributed by atoms with Crippen molar-refractivity contribution in [2.24, 2.45) is 0 Å². The summed E-state index contributed by atoms with van der Waals surface area (Å²) >= 11 is 7.24. The number of imide groups is 1. The van der Waals surface area contributed by atoms with Gasteiger partial charge in [0.1, 0.15) is 0 Å². The average molecular weight is 442 g/mol. The number of rotatable bonds is 6. The summed E-state index contributed by atoms with van der Waals surface area (Å²) in [5.41, 5.74) is 2.83. The zero-order valence-corrected chi connectivity index (χ0v) is 17.8. The fourth-order valence-corrected chi connectivity index (χ4v) is 3.77. The highest BCUT2D eigenvalue weighted by Crippen LogP contribution is 2.29. The maximum Gasteiger partial charge on any atom is 0.321 e. The van der Waals surface area contributed by atoms with E-state index in [-0.39, 0.29) is 17.7 Å². The lowest BCUT2D eigenvalue weighted by atomic mass is 10.2. The minimum Gasteiger partial charge on any atom is -0.335 e. The number of nitrogens with one attached hydrogen (secondary N) is 2. The zero-order valence-electron chi connectivity index (χ0n) is 16.3. The fourth-order valence-electron chi connectivity index (χ4n) is 2.89. The number of nitrogens with zero attached hydrogens (tertiary/aromatic N) is 3. The van der Waals surface area contributed by atoms with E-state index in [2.05, 4.69) is 20.8 Å². The van der Waals surface area contributed by atoms with E-state index in [9.17, 15) is 9.59 Å². The van der Waals surface area contributed by atoms with Gasteiger partial charge in [-0.15, -0.1) is 10.2 Å². The standard InChI is InChI=1S/C21H20ClN5O2S/c1-13-3-2-4-17(11-13)27-19(14-5-7-15(22)8-6-14)25-26-21(27)30-12-18(28)24-20(29)23-16-9-10-16/h2-8,11,16H,9-10,12H2,1H3,(H2,23,24,28,29). The molecule has 0 unspecified atom stereocenters. The Kier molecular flexibility index (Phi) is 6.06. The van der Waals surface area contributed by atoms with Crippen molar-refractivity contribution in [3.63, 3.8) is 0 Å². The molecule has 1 aliphatic rings. The van der Waals surface area contributed by atoms with E-state index in [1.54, 1.807) is 12.1 Å². The van der Waals surface area contributed by atoms with E-state index >= 15 is 0 Å². The van der Waals surface area contributed by atoms with Crippen LogP contribution in [0, 0.1) is 6.92 Å². The third kappa shape index (κ3) is 5.01. The Morgan fingerprint density at radius 2 is 1.93 bits per heavy atom. The molecular formula is C21H20ClN5O2S. The Labute approximate surface area is 183 Å². The van der Waals surface area contributed by atoms with Crippen molar-refractivity contribution in [3.8, 4) is 17.1 Å². The fraction of sp³-hybridized carbons (Fsp3) is 0.238. The van der Waals surface area contributed by atoms with Crippen molar-refractivity contribution in [1.82, 2.24) is 25.4 Å². The average Bonchev–Trinajstić information content (AvgIpc) is 3.42. The molecule has 0 aliphatic heterocycles. The van der Waals surface area contributed by atoms with Gasteiger partial charge in [-0.25, -0.2) is 4.79 Å². The highest BCUT2D eigenvalue weighted by atomic mass is 35.5. The molecule has 2 N–H and O–H groups in total. The van der Waals surface area contributed by atoms with Gasteiger partial charge in [-0.3, -0.25) is 14.7 Å². The van der Waals surface area contributed by atoms with Crippen LogP contribution in [0.2, 0.25) is 5.02 Å². The van der Waals surface area contributed by atoms with Gasteiger partial charge in [-0.2, -0.15) is 0 Å². The van der Waals surface area contributed by atoms with Crippen LogP contribution in [0.5, 0.6) is 0 Å². The van der Waals surface area contributed by atoms with Gasteiger partial charge in [0.05, 0.1) is 5.75 Å².